The molecule has 0 spiro atoms. The highest BCUT2D eigenvalue weighted by molar-refractivity contribution is 6.01. The van der Waals surface area contributed by atoms with Crippen LogP contribution in [0.2, 0.25) is 0 Å². The van der Waals surface area contributed by atoms with E-state index in [2.05, 4.69) is 4.90 Å². The zero-order valence-corrected chi connectivity index (χ0v) is 9.85. The minimum atomic E-state index is -0.457. The Bertz CT molecular complexity index is 331. The van der Waals surface area contributed by atoms with Gasteiger partial charge in [0.15, 0.2) is 0 Å². The van der Waals surface area contributed by atoms with Crippen LogP contribution in [0.15, 0.2) is 0 Å². The van der Waals surface area contributed by atoms with Gasteiger partial charge in [-0.25, -0.2) is 4.79 Å². The van der Waals surface area contributed by atoms with Crippen molar-refractivity contribution >= 4 is 17.8 Å². The molecule has 0 radical (unpaired) electrons. The molecule has 2 amide bonds. The highest BCUT2D eigenvalue weighted by Gasteiger charge is 2.35. The monoisotopic (exact) mass is 240 g/mol. The third kappa shape index (κ3) is 2.63. The van der Waals surface area contributed by atoms with Crippen LogP contribution in [0.4, 0.5) is 0 Å². The Morgan fingerprint density at radius 1 is 1.18 bits per heavy atom. The van der Waals surface area contributed by atoms with Crippen molar-refractivity contribution in [3.05, 3.63) is 0 Å². The lowest BCUT2D eigenvalue weighted by Gasteiger charge is -2.27. The molecule has 94 valence electrons. The number of hydrogen-bond acceptors (Lipinski definition) is 5. The maximum absolute atomic E-state index is 11.8. The van der Waals surface area contributed by atoms with Gasteiger partial charge in [-0.2, -0.15) is 0 Å². The number of carbonyl (C=O) groups is 3. The van der Waals surface area contributed by atoms with Gasteiger partial charge < -0.3 is 9.74 Å². The Kier molecular flexibility index (Phi) is 3.42. The number of carbonyl (C=O) groups excluding carboxylic acids is 3. The van der Waals surface area contributed by atoms with Crippen LogP contribution in [0.1, 0.15) is 25.7 Å². The summed E-state index contributed by atoms with van der Waals surface area (Å²) in [5, 5.41) is 0.626. The van der Waals surface area contributed by atoms with Gasteiger partial charge in [-0.1, -0.05) is 0 Å². The van der Waals surface area contributed by atoms with E-state index in [1.54, 1.807) is 0 Å². The van der Waals surface area contributed by atoms with Crippen LogP contribution in [-0.4, -0.2) is 47.9 Å². The van der Waals surface area contributed by atoms with Crippen molar-refractivity contribution < 1.29 is 19.2 Å². The quantitative estimate of drug-likeness (QED) is 0.632. The Balaban J connectivity index is 1.88. The minimum Gasteiger partial charge on any atom is -0.330 e. The van der Waals surface area contributed by atoms with Crippen molar-refractivity contribution in [3.63, 3.8) is 0 Å². The van der Waals surface area contributed by atoms with Crippen LogP contribution in [0.3, 0.4) is 0 Å². The molecule has 2 saturated heterocycles. The lowest BCUT2D eigenvalue weighted by atomic mass is 9.98. The number of nitrogens with zero attached hydrogens (tertiary/aromatic N) is 2. The zero-order chi connectivity index (χ0) is 12.4. The average molecular weight is 240 g/mol. The van der Waals surface area contributed by atoms with Gasteiger partial charge in [0.25, 0.3) is 11.8 Å². The first-order valence-corrected chi connectivity index (χ1v) is 5.84. The number of imide groups is 1. The second kappa shape index (κ2) is 4.83. The summed E-state index contributed by atoms with van der Waals surface area (Å²) in [4.78, 5) is 41.3. The van der Waals surface area contributed by atoms with Crippen molar-refractivity contribution in [3.8, 4) is 0 Å². The highest BCUT2D eigenvalue weighted by atomic mass is 16.7. The van der Waals surface area contributed by atoms with Crippen LogP contribution in [0.5, 0.6) is 0 Å². The van der Waals surface area contributed by atoms with Crippen molar-refractivity contribution in [2.75, 3.05) is 20.1 Å². The number of hydroxylamine groups is 2. The van der Waals surface area contributed by atoms with Gasteiger partial charge in [-0.3, -0.25) is 9.59 Å². The van der Waals surface area contributed by atoms with Gasteiger partial charge in [-0.05, 0) is 33.0 Å². The normalized spacial score (nSPS) is 23.2. The Morgan fingerprint density at radius 3 is 2.24 bits per heavy atom. The topological polar surface area (TPSA) is 66.9 Å². The second-order valence-corrected chi connectivity index (χ2v) is 4.57. The van der Waals surface area contributed by atoms with E-state index in [0.717, 1.165) is 13.1 Å². The maximum Gasteiger partial charge on any atom is 0.336 e. The summed E-state index contributed by atoms with van der Waals surface area (Å²) in [6, 6.07) is 0. The number of rotatable bonds is 2. The summed E-state index contributed by atoms with van der Waals surface area (Å²) < 4.78 is 0. The molecule has 17 heavy (non-hydrogen) atoms. The molecule has 0 aromatic heterocycles. The van der Waals surface area contributed by atoms with E-state index in [0.29, 0.717) is 17.9 Å². The fraction of sp³-hybridized carbons (Fsp3) is 0.727. The molecule has 2 rings (SSSR count). The van der Waals surface area contributed by atoms with Crippen molar-refractivity contribution in [2.24, 2.45) is 5.92 Å². The standard InChI is InChI=1S/C11H16N2O4/c1-12-6-4-8(5-7-12)11(16)17-13-9(14)2-3-10(13)15/h8H,2-7H2,1H3. The van der Waals surface area contributed by atoms with Crippen molar-refractivity contribution in [2.45, 2.75) is 25.7 Å². The van der Waals surface area contributed by atoms with E-state index in [1.165, 1.54) is 0 Å². The molecule has 0 saturated carbocycles. The van der Waals surface area contributed by atoms with E-state index in [4.69, 9.17) is 4.84 Å². The lowest BCUT2D eigenvalue weighted by Crippen LogP contribution is -2.39. The van der Waals surface area contributed by atoms with Crippen LogP contribution >= 0.6 is 0 Å². The molecule has 0 atom stereocenters. The molecule has 0 aromatic carbocycles. The molecule has 0 bridgehead atoms. The second-order valence-electron chi connectivity index (χ2n) is 4.57. The Labute approximate surface area is 99.4 Å². The highest BCUT2D eigenvalue weighted by Crippen LogP contribution is 2.20. The summed E-state index contributed by atoms with van der Waals surface area (Å²) in [7, 11) is 2.00. The number of hydrogen-bond donors (Lipinski definition) is 0. The van der Waals surface area contributed by atoms with Crippen LogP contribution < -0.4 is 0 Å². The molecule has 2 heterocycles. The molecule has 0 N–H and O–H groups in total. The molecule has 6 nitrogen and oxygen atoms in total. The average Bonchev–Trinajstić information content (AvgIpc) is 2.61. The molecule has 0 aliphatic carbocycles. The molecule has 2 aliphatic heterocycles. The van der Waals surface area contributed by atoms with E-state index < -0.39 is 17.8 Å². The zero-order valence-electron chi connectivity index (χ0n) is 9.85. The molecular formula is C11H16N2O4. The predicted molar refractivity (Wildman–Crippen MR) is 57.4 cm³/mol. The molecular weight excluding hydrogens is 224 g/mol. The maximum atomic E-state index is 11.8. The van der Waals surface area contributed by atoms with Crippen molar-refractivity contribution in [1.82, 2.24) is 9.96 Å². The van der Waals surface area contributed by atoms with Gasteiger partial charge in [0, 0.05) is 12.8 Å². The van der Waals surface area contributed by atoms with Gasteiger partial charge >= 0.3 is 5.97 Å². The smallest absolute Gasteiger partial charge is 0.330 e. The van der Waals surface area contributed by atoms with Crippen molar-refractivity contribution in [1.29, 1.82) is 0 Å². The molecule has 0 unspecified atom stereocenters. The SMILES string of the molecule is CN1CCC(C(=O)ON2C(=O)CCC2=O)CC1. The first-order chi connectivity index (χ1) is 8.08. The van der Waals surface area contributed by atoms with E-state index in [1.807, 2.05) is 7.05 Å². The fourth-order valence-electron chi connectivity index (χ4n) is 2.07. The van der Waals surface area contributed by atoms with Crippen LogP contribution in [0.25, 0.3) is 0 Å². The number of likely N-dealkylation sites (tertiary alicyclic amines) is 1. The third-order valence-corrected chi connectivity index (χ3v) is 3.24. The minimum absolute atomic E-state index is 0.138. The van der Waals surface area contributed by atoms with Gasteiger partial charge in [0.2, 0.25) is 0 Å². The number of amides is 2. The fourth-order valence-corrected chi connectivity index (χ4v) is 2.07. The summed E-state index contributed by atoms with van der Waals surface area (Å²) in [6.07, 6.45) is 1.70. The first kappa shape index (κ1) is 12.0. The number of piperidine rings is 1. The molecule has 2 aliphatic rings. The van der Waals surface area contributed by atoms with Gasteiger partial charge in [0.05, 0.1) is 5.92 Å². The molecule has 0 aromatic rings. The predicted octanol–water partition coefficient (Wildman–Crippen LogP) is -0.0646. The lowest BCUT2D eigenvalue weighted by molar-refractivity contribution is -0.201. The largest absolute Gasteiger partial charge is 0.336 e. The van der Waals surface area contributed by atoms with E-state index in [-0.39, 0.29) is 18.8 Å². The molecule has 2 fully saturated rings. The Morgan fingerprint density at radius 2 is 1.71 bits per heavy atom. The van der Waals surface area contributed by atoms with E-state index >= 15 is 0 Å². The Hall–Kier alpha value is -1.43. The van der Waals surface area contributed by atoms with Crippen LogP contribution in [0, 0.1) is 5.92 Å². The summed E-state index contributed by atoms with van der Waals surface area (Å²) in [5.74, 6) is -1.50. The summed E-state index contributed by atoms with van der Waals surface area (Å²) in [5.41, 5.74) is 0. The van der Waals surface area contributed by atoms with E-state index in [9.17, 15) is 14.4 Å². The van der Waals surface area contributed by atoms with Gasteiger partial charge in [-0.15, -0.1) is 5.06 Å². The van der Waals surface area contributed by atoms with Gasteiger partial charge in [0.1, 0.15) is 0 Å². The molecule has 6 heteroatoms. The summed E-state index contributed by atoms with van der Waals surface area (Å²) in [6.45, 7) is 1.67. The first-order valence-electron chi connectivity index (χ1n) is 5.84. The van der Waals surface area contributed by atoms with Crippen LogP contribution in [-0.2, 0) is 19.2 Å². The summed E-state index contributed by atoms with van der Waals surface area (Å²) >= 11 is 0. The third-order valence-electron chi connectivity index (χ3n) is 3.24.